The lowest BCUT2D eigenvalue weighted by molar-refractivity contribution is -0.143. The number of rotatable bonds is 22. The lowest BCUT2D eigenvalue weighted by Crippen LogP contribution is -2.60. The van der Waals surface area contributed by atoms with Gasteiger partial charge in [0, 0.05) is 26.1 Å². The van der Waals surface area contributed by atoms with Crippen molar-refractivity contribution in [3.63, 3.8) is 0 Å². The SMILES string of the molecule is C#CCO[C@H](C)[C@H](NC(=O)[C@H](C)CC)C(=O)N1CC[C@@H]2[C@H]1[C@@H](Oc1ccc(F)cc1)CN2C(=O)OCc1ccccc1.C#CCO[C@H](C)[C@H](NC(=O)[C@H](C)N(C)C(=O)OC(C)(C)C)C(=O)N1CC[C@@H]2[C@H]1[C@@H](Oc1ccc(F)cc1)CN2C(=O)OCc1ccccc1. The fourth-order valence-electron chi connectivity index (χ4n) is 11.3. The highest BCUT2D eigenvalue weighted by Gasteiger charge is 2.56. The maximum Gasteiger partial charge on any atom is 0.410 e. The Kier molecular flexibility index (Phi) is 24.6. The van der Waals surface area contributed by atoms with Gasteiger partial charge in [0.05, 0.1) is 49.5 Å². The molecule has 488 valence electrons. The third-order valence-corrected chi connectivity index (χ3v) is 16.4. The molecule has 0 bridgehead atoms. The molecule has 0 saturated carbocycles. The van der Waals surface area contributed by atoms with Crippen LogP contribution in [0.2, 0.25) is 0 Å². The summed E-state index contributed by atoms with van der Waals surface area (Å²) in [7, 11) is 1.43. The number of carbonyl (C=O) groups excluding carboxylic acids is 7. The maximum atomic E-state index is 14.4. The van der Waals surface area contributed by atoms with Gasteiger partial charge in [-0.05, 0) is 120 Å². The van der Waals surface area contributed by atoms with E-state index in [-0.39, 0.29) is 69.8 Å². The van der Waals surface area contributed by atoms with Gasteiger partial charge in [-0.25, -0.2) is 23.2 Å². The summed E-state index contributed by atoms with van der Waals surface area (Å²) in [5.41, 5.74) is 0.893. The summed E-state index contributed by atoms with van der Waals surface area (Å²) in [5.74, 6) is 2.69. The van der Waals surface area contributed by atoms with Crippen molar-refractivity contribution in [2.24, 2.45) is 5.92 Å². The zero-order valence-corrected chi connectivity index (χ0v) is 53.0. The predicted molar refractivity (Wildman–Crippen MR) is 331 cm³/mol. The highest BCUT2D eigenvalue weighted by molar-refractivity contribution is 5.92. The molecular weight excluding hydrogens is 1180 g/mol. The van der Waals surface area contributed by atoms with E-state index in [9.17, 15) is 42.3 Å². The van der Waals surface area contributed by atoms with Gasteiger partial charge < -0.3 is 53.6 Å². The largest absolute Gasteiger partial charge is 0.486 e. The van der Waals surface area contributed by atoms with Crippen LogP contribution in [0.4, 0.5) is 23.2 Å². The molecule has 21 nitrogen and oxygen atoms in total. The summed E-state index contributed by atoms with van der Waals surface area (Å²) in [6, 6.07) is 24.5. The maximum absolute atomic E-state index is 14.4. The first-order valence-electron chi connectivity index (χ1n) is 30.5. The highest BCUT2D eigenvalue weighted by atomic mass is 19.1. The molecule has 8 rings (SSSR count). The van der Waals surface area contributed by atoms with E-state index in [1.54, 1.807) is 61.1 Å². The second-order valence-corrected chi connectivity index (χ2v) is 23.9. The quantitative estimate of drug-likeness (QED) is 0.0568. The van der Waals surface area contributed by atoms with Gasteiger partial charge in [0.25, 0.3) is 0 Å². The summed E-state index contributed by atoms with van der Waals surface area (Å²) in [4.78, 5) is 102. The molecule has 7 amide bonds. The van der Waals surface area contributed by atoms with Crippen molar-refractivity contribution in [2.45, 2.75) is 160 Å². The monoisotopic (exact) mass is 1260 g/mol. The van der Waals surface area contributed by atoms with Crippen molar-refractivity contribution >= 4 is 41.9 Å². The average molecular weight is 1260 g/mol. The number of terminal acetylenes is 2. The predicted octanol–water partition coefficient (Wildman–Crippen LogP) is 7.74. The van der Waals surface area contributed by atoms with E-state index >= 15 is 0 Å². The third kappa shape index (κ3) is 18.4. The molecule has 4 fully saturated rings. The van der Waals surface area contributed by atoms with Crippen LogP contribution in [0.1, 0.15) is 85.8 Å². The molecule has 4 aromatic rings. The standard InChI is InChI=1S/C36H45FN4O8.C32H38FN3O6/c1-8-20-46-24(3)30(38-32(42)23(2)39(7)34(44)49-36(4,5)6)33(43)40-19-18-28-31(40)29(48-27-16-14-26(37)15-17-27)21-41(28)35(45)47-22-25-12-10-9-11-13-25;1-5-18-40-22(4)28(34-30(37)21(3)6-2)31(38)35-17-16-26-29(35)27(42-25-14-12-24(33)13-15-25)19-36(26)32(39)41-20-23-10-8-7-9-11-23/h1,9-17,23-24,28-31H,18-22H2,2-7H3,(H,38,42);1,7-15,21-22,26-29H,6,16-20H2,2-4H3,(H,34,37)/t23-,24+,28+,29-,30-,31-;21-,22-,26-,27+,28+,29+/m01/s1. The van der Waals surface area contributed by atoms with Crippen LogP contribution in [0.25, 0.3) is 0 Å². The van der Waals surface area contributed by atoms with E-state index < -0.39 is 108 Å². The van der Waals surface area contributed by atoms with Gasteiger partial charge in [-0.1, -0.05) is 86.4 Å². The molecule has 0 spiro atoms. The van der Waals surface area contributed by atoms with Gasteiger partial charge in [0.15, 0.2) is 0 Å². The summed E-state index contributed by atoms with van der Waals surface area (Å²) < 4.78 is 67.9. The smallest absolute Gasteiger partial charge is 0.410 e. The number of benzene rings is 4. The van der Waals surface area contributed by atoms with Crippen molar-refractivity contribution in [3.8, 4) is 36.2 Å². The molecular formula is C68H83F2N7O14. The average Bonchev–Trinajstić information content (AvgIpc) is 1.63. The Hall–Kier alpha value is -8.93. The van der Waals surface area contributed by atoms with Crippen LogP contribution >= 0.6 is 0 Å². The van der Waals surface area contributed by atoms with Crippen LogP contribution in [0, 0.1) is 42.2 Å². The Morgan fingerprint density at radius 1 is 0.604 bits per heavy atom. The van der Waals surface area contributed by atoms with Crippen LogP contribution in [-0.2, 0) is 56.1 Å². The van der Waals surface area contributed by atoms with E-state index in [1.165, 1.54) is 62.5 Å². The number of halogens is 2. The van der Waals surface area contributed by atoms with E-state index in [4.69, 9.17) is 46.0 Å². The molecule has 91 heavy (non-hydrogen) atoms. The molecule has 0 aliphatic carbocycles. The van der Waals surface area contributed by atoms with Gasteiger partial charge in [-0.2, -0.15) is 0 Å². The molecule has 4 saturated heterocycles. The van der Waals surface area contributed by atoms with Crippen molar-refractivity contribution in [1.29, 1.82) is 0 Å². The zero-order chi connectivity index (χ0) is 66.1. The van der Waals surface area contributed by atoms with Crippen molar-refractivity contribution < 1.29 is 75.5 Å². The number of likely N-dealkylation sites (N-methyl/N-ethyl adjacent to an activating group) is 1. The molecule has 0 radical (unpaired) electrons. The van der Waals surface area contributed by atoms with Gasteiger partial charge >= 0.3 is 18.3 Å². The van der Waals surface area contributed by atoms with Crippen LogP contribution in [0.15, 0.2) is 109 Å². The first kappa shape index (κ1) is 69.5. The number of nitrogens with one attached hydrogen (secondary N) is 2. The molecule has 12 atom stereocenters. The molecule has 23 heteroatoms. The Bertz CT molecular complexity index is 3200. The Morgan fingerprint density at radius 2 is 1.00 bits per heavy atom. The van der Waals surface area contributed by atoms with Gasteiger partial charge in [0.2, 0.25) is 23.6 Å². The Labute approximate surface area is 531 Å². The summed E-state index contributed by atoms with van der Waals surface area (Å²) in [6.45, 7) is 14.5. The fourth-order valence-corrected chi connectivity index (χ4v) is 11.3. The van der Waals surface area contributed by atoms with Crippen molar-refractivity contribution in [1.82, 2.24) is 35.1 Å². The van der Waals surface area contributed by atoms with Crippen LogP contribution in [-0.4, -0.2) is 185 Å². The van der Waals surface area contributed by atoms with E-state index in [0.717, 1.165) is 16.0 Å². The molecule has 4 aliphatic rings. The van der Waals surface area contributed by atoms with Crippen molar-refractivity contribution in [2.75, 3.05) is 46.4 Å². The number of hydrogen-bond donors (Lipinski definition) is 2. The molecule has 0 aromatic heterocycles. The first-order valence-corrected chi connectivity index (χ1v) is 30.5. The van der Waals surface area contributed by atoms with Crippen LogP contribution in [0.5, 0.6) is 11.5 Å². The van der Waals surface area contributed by atoms with Crippen molar-refractivity contribution in [3.05, 3.63) is 132 Å². The van der Waals surface area contributed by atoms with Gasteiger partial charge in [-0.15, -0.1) is 12.8 Å². The van der Waals surface area contributed by atoms with Gasteiger partial charge in [0.1, 0.15) is 85.5 Å². The lowest BCUT2D eigenvalue weighted by Gasteiger charge is -2.34. The summed E-state index contributed by atoms with van der Waals surface area (Å²) in [5, 5.41) is 5.63. The van der Waals surface area contributed by atoms with Gasteiger partial charge in [-0.3, -0.25) is 33.9 Å². The number of amides is 7. The Balaban J connectivity index is 0.000000261. The highest BCUT2D eigenvalue weighted by Crippen LogP contribution is 2.38. The molecule has 2 N–H and O–H groups in total. The van der Waals surface area contributed by atoms with Crippen LogP contribution in [0.3, 0.4) is 0 Å². The third-order valence-electron chi connectivity index (χ3n) is 16.4. The topological polar surface area (TPSA) is 224 Å². The minimum absolute atomic E-state index is 0.0203. The summed E-state index contributed by atoms with van der Waals surface area (Å²) >= 11 is 0. The molecule has 4 aliphatic heterocycles. The molecule has 0 unspecified atom stereocenters. The number of carbonyl (C=O) groups is 7. The van der Waals surface area contributed by atoms with E-state index in [2.05, 4.69) is 22.5 Å². The molecule has 4 heterocycles. The number of ether oxygens (including phenoxy) is 7. The zero-order valence-electron chi connectivity index (χ0n) is 53.0. The normalized spacial score (nSPS) is 20.9. The first-order chi connectivity index (χ1) is 43.4. The number of fused-ring (bicyclic) bond motifs is 2. The minimum atomic E-state index is -1.21. The van der Waals surface area contributed by atoms with Crippen LogP contribution < -0.4 is 20.1 Å². The lowest BCUT2D eigenvalue weighted by atomic mass is 10.0. The van der Waals surface area contributed by atoms with E-state index in [1.807, 2.05) is 67.6 Å². The second kappa shape index (κ2) is 32.2. The Morgan fingerprint density at radius 3 is 1.37 bits per heavy atom. The molecule has 4 aromatic carbocycles. The number of likely N-dealkylation sites (tertiary alicyclic amines) is 4. The summed E-state index contributed by atoms with van der Waals surface area (Å²) in [6.07, 6.45) is 7.63. The number of hydrogen-bond acceptors (Lipinski definition) is 14. The fraction of sp³-hybridized carbons (Fsp3) is 0.485. The second-order valence-electron chi connectivity index (χ2n) is 23.9. The van der Waals surface area contributed by atoms with E-state index in [0.29, 0.717) is 37.3 Å². The minimum Gasteiger partial charge on any atom is -0.486 e. The number of nitrogens with zero attached hydrogens (tertiary/aromatic N) is 5.